The molecule has 3 rings (SSSR count). The molecule has 2 aromatic heterocycles. The van der Waals surface area contributed by atoms with Crippen molar-refractivity contribution in [3.8, 4) is 11.6 Å². The average molecular weight is 260 g/mol. The predicted molar refractivity (Wildman–Crippen MR) is 64.2 cm³/mol. The van der Waals surface area contributed by atoms with Gasteiger partial charge in [0.05, 0.1) is 0 Å². The number of benzene rings is 1. The lowest BCUT2D eigenvalue weighted by molar-refractivity contribution is 0.416. The molecule has 0 spiro atoms. The first-order chi connectivity index (χ1) is 9.13. The summed E-state index contributed by atoms with van der Waals surface area (Å²) < 4.78 is 20.2. The van der Waals surface area contributed by atoms with Crippen molar-refractivity contribution in [3.05, 3.63) is 35.6 Å². The quantitative estimate of drug-likeness (QED) is 0.699. The highest BCUT2D eigenvalue weighted by Gasteiger charge is 2.09. The van der Waals surface area contributed by atoms with E-state index in [9.17, 15) is 4.39 Å². The smallest absolute Gasteiger partial charge is 0.239 e. The molecule has 2 heterocycles. The molecular formula is C11H9FN6O. The van der Waals surface area contributed by atoms with E-state index in [0.29, 0.717) is 11.3 Å². The molecule has 0 saturated heterocycles. The molecule has 0 aliphatic carbocycles. The summed E-state index contributed by atoms with van der Waals surface area (Å²) in [5, 5.41) is 14.8. The standard InChI is InChI=1S/C11H9FN6O/c1-6-4-9(7(12)5-8(6)13)19-11-3-2-10-14-16-17-18(10)15-11/h2-5H,13H2,1H3. The molecule has 19 heavy (non-hydrogen) atoms. The molecule has 3 aromatic rings. The van der Waals surface area contributed by atoms with Crippen molar-refractivity contribution < 1.29 is 9.13 Å². The summed E-state index contributed by atoms with van der Waals surface area (Å²) in [5.74, 6) is -0.323. The Morgan fingerprint density at radius 2 is 2.16 bits per heavy atom. The monoisotopic (exact) mass is 260 g/mol. The molecule has 1 aromatic carbocycles. The van der Waals surface area contributed by atoms with E-state index in [0.717, 1.165) is 5.56 Å². The van der Waals surface area contributed by atoms with E-state index >= 15 is 0 Å². The minimum absolute atomic E-state index is 0.0478. The van der Waals surface area contributed by atoms with Gasteiger partial charge >= 0.3 is 0 Å². The van der Waals surface area contributed by atoms with Crippen LogP contribution in [0.2, 0.25) is 0 Å². The second-order valence-electron chi connectivity index (χ2n) is 3.94. The third-order valence-electron chi connectivity index (χ3n) is 2.58. The zero-order valence-corrected chi connectivity index (χ0v) is 9.91. The van der Waals surface area contributed by atoms with Gasteiger partial charge in [0.25, 0.3) is 0 Å². The van der Waals surface area contributed by atoms with E-state index in [1.54, 1.807) is 19.1 Å². The maximum Gasteiger partial charge on any atom is 0.239 e. The number of nitrogens with zero attached hydrogens (tertiary/aromatic N) is 5. The summed E-state index contributed by atoms with van der Waals surface area (Å²) in [4.78, 5) is 0. The molecule has 2 N–H and O–H groups in total. The fourth-order valence-electron chi connectivity index (χ4n) is 1.55. The van der Waals surface area contributed by atoms with E-state index < -0.39 is 5.82 Å². The van der Waals surface area contributed by atoms with Crippen molar-refractivity contribution >= 4 is 11.3 Å². The van der Waals surface area contributed by atoms with Gasteiger partial charge in [-0.05, 0) is 35.0 Å². The Hall–Kier alpha value is -2.77. The van der Waals surface area contributed by atoms with Crippen LogP contribution in [-0.4, -0.2) is 25.3 Å². The third kappa shape index (κ3) is 2.03. The molecule has 0 radical (unpaired) electrons. The molecule has 0 saturated carbocycles. The molecule has 7 nitrogen and oxygen atoms in total. The summed E-state index contributed by atoms with van der Waals surface area (Å²) in [7, 11) is 0. The number of aromatic nitrogens is 5. The Kier molecular flexibility index (Phi) is 2.48. The topological polar surface area (TPSA) is 91.2 Å². The molecule has 0 fully saturated rings. The van der Waals surface area contributed by atoms with Gasteiger partial charge in [0, 0.05) is 17.8 Å². The fraction of sp³-hybridized carbons (Fsp3) is 0.0909. The Labute approximate surface area is 106 Å². The van der Waals surface area contributed by atoms with Crippen LogP contribution in [0.25, 0.3) is 5.65 Å². The highest BCUT2D eigenvalue weighted by Crippen LogP contribution is 2.27. The van der Waals surface area contributed by atoms with Crippen molar-refractivity contribution in [1.82, 2.24) is 25.3 Å². The first-order valence-corrected chi connectivity index (χ1v) is 5.42. The largest absolute Gasteiger partial charge is 0.434 e. The first kappa shape index (κ1) is 11.3. The summed E-state index contributed by atoms with van der Waals surface area (Å²) in [5.41, 5.74) is 7.17. The molecule has 0 amide bonds. The molecule has 0 aliphatic heterocycles. The molecule has 0 atom stereocenters. The molecular weight excluding hydrogens is 251 g/mol. The zero-order chi connectivity index (χ0) is 13.4. The van der Waals surface area contributed by atoms with Gasteiger partial charge in [0.2, 0.25) is 5.88 Å². The number of hydrogen-bond acceptors (Lipinski definition) is 6. The molecule has 96 valence electrons. The summed E-state index contributed by atoms with van der Waals surface area (Å²) in [6.07, 6.45) is 0. The van der Waals surface area contributed by atoms with Crippen LogP contribution < -0.4 is 10.5 Å². The summed E-state index contributed by atoms with van der Waals surface area (Å²) in [6.45, 7) is 1.76. The van der Waals surface area contributed by atoms with E-state index in [2.05, 4.69) is 20.6 Å². The van der Waals surface area contributed by atoms with E-state index in [1.807, 2.05) is 0 Å². The number of rotatable bonds is 2. The van der Waals surface area contributed by atoms with Gasteiger partial charge in [-0.1, -0.05) is 0 Å². The van der Waals surface area contributed by atoms with Gasteiger partial charge in [-0.2, -0.15) is 0 Å². The number of nitrogens with two attached hydrogens (primary N) is 1. The number of tetrazole rings is 1. The number of hydrogen-bond donors (Lipinski definition) is 1. The van der Waals surface area contributed by atoms with Gasteiger partial charge in [0.1, 0.15) is 0 Å². The van der Waals surface area contributed by atoms with Crippen molar-refractivity contribution in [3.63, 3.8) is 0 Å². The van der Waals surface area contributed by atoms with Gasteiger partial charge in [0.15, 0.2) is 17.2 Å². The number of fused-ring (bicyclic) bond motifs is 1. The number of nitrogen functional groups attached to an aromatic ring is 1. The van der Waals surface area contributed by atoms with Crippen molar-refractivity contribution in [1.29, 1.82) is 0 Å². The number of anilines is 1. The van der Waals surface area contributed by atoms with Gasteiger partial charge in [-0.15, -0.1) is 14.8 Å². The number of ether oxygens (including phenoxy) is 1. The predicted octanol–water partition coefficient (Wildman–Crippen LogP) is 1.34. The van der Waals surface area contributed by atoms with Crippen LogP contribution in [0.5, 0.6) is 11.6 Å². The molecule has 0 unspecified atom stereocenters. The van der Waals surface area contributed by atoms with Crippen LogP contribution >= 0.6 is 0 Å². The van der Waals surface area contributed by atoms with Crippen LogP contribution in [0, 0.1) is 12.7 Å². The van der Waals surface area contributed by atoms with Crippen LogP contribution in [-0.2, 0) is 0 Å². The highest BCUT2D eigenvalue weighted by atomic mass is 19.1. The maximum absolute atomic E-state index is 13.7. The Balaban J connectivity index is 1.98. The van der Waals surface area contributed by atoms with Crippen LogP contribution in [0.1, 0.15) is 5.56 Å². The average Bonchev–Trinajstić information content (AvgIpc) is 2.83. The number of aryl methyl sites for hydroxylation is 1. The minimum Gasteiger partial charge on any atom is -0.434 e. The van der Waals surface area contributed by atoms with Crippen molar-refractivity contribution in [2.24, 2.45) is 0 Å². The van der Waals surface area contributed by atoms with E-state index in [4.69, 9.17) is 10.5 Å². The van der Waals surface area contributed by atoms with Gasteiger partial charge in [-0.25, -0.2) is 4.39 Å². The fourth-order valence-corrected chi connectivity index (χ4v) is 1.55. The normalized spacial score (nSPS) is 10.8. The molecule has 8 heteroatoms. The van der Waals surface area contributed by atoms with E-state index in [-0.39, 0.29) is 11.6 Å². The lowest BCUT2D eigenvalue weighted by Gasteiger charge is -2.08. The Bertz CT molecular complexity index is 756. The summed E-state index contributed by atoms with van der Waals surface area (Å²) >= 11 is 0. The van der Waals surface area contributed by atoms with Crippen molar-refractivity contribution in [2.75, 3.05) is 5.73 Å². The van der Waals surface area contributed by atoms with Gasteiger partial charge in [-0.3, -0.25) is 0 Å². The van der Waals surface area contributed by atoms with Crippen LogP contribution in [0.4, 0.5) is 10.1 Å². The lowest BCUT2D eigenvalue weighted by atomic mass is 10.2. The zero-order valence-electron chi connectivity index (χ0n) is 9.91. The van der Waals surface area contributed by atoms with E-state index in [1.165, 1.54) is 16.8 Å². The van der Waals surface area contributed by atoms with Gasteiger partial charge < -0.3 is 10.5 Å². The summed E-state index contributed by atoms with van der Waals surface area (Å²) in [6, 6.07) is 5.89. The third-order valence-corrected chi connectivity index (χ3v) is 2.58. The minimum atomic E-state index is -0.554. The first-order valence-electron chi connectivity index (χ1n) is 5.42. The highest BCUT2D eigenvalue weighted by molar-refractivity contribution is 5.51. The molecule has 0 bridgehead atoms. The number of halogens is 1. The Morgan fingerprint density at radius 1 is 1.32 bits per heavy atom. The van der Waals surface area contributed by atoms with Crippen molar-refractivity contribution in [2.45, 2.75) is 6.92 Å². The van der Waals surface area contributed by atoms with Crippen LogP contribution in [0.15, 0.2) is 24.3 Å². The Morgan fingerprint density at radius 3 is 3.00 bits per heavy atom. The second kappa shape index (κ2) is 4.16. The maximum atomic E-state index is 13.7. The molecule has 0 aliphatic rings. The SMILES string of the molecule is Cc1cc(Oc2ccc3nnnn3n2)c(F)cc1N. The second-order valence-corrected chi connectivity index (χ2v) is 3.94. The van der Waals surface area contributed by atoms with Crippen LogP contribution in [0.3, 0.4) is 0 Å². The lowest BCUT2D eigenvalue weighted by Crippen LogP contribution is -1.99.